The molecule has 3 aromatic rings. The van der Waals surface area contributed by atoms with E-state index >= 15 is 0 Å². The van der Waals surface area contributed by atoms with Gasteiger partial charge < -0.3 is 24.4 Å². The van der Waals surface area contributed by atoms with Crippen LogP contribution in [0.4, 0.5) is 11.6 Å². The second-order valence-electron chi connectivity index (χ2n) is 8.70. The van der Waals surface area contributed by atoms with Crippen LogP contribution in [-0.2, 0) is 4.74 Å². The van der Waals surface area contributed by atoms with Crippen molar-refractivity contribution in [3.05, 3.63) is 59.8 Å². The van der Waals surface area contributed by atoms with E-state index in [1.54, 1.807) is 42.5 Å². The van der Waals surface area contributed by atoms with Crippen molar-refractivity contribution in [3.63, 3.8) is 0 Å². The number of benzene rings is 2. The number of ether oxygens (including phenoxy) is 3. The van der Waals surface area contributed by atoms with Crippen molar-refractivity contribution >= 4 is 17.5 Å². The minimum atomic E-state index is -0.0274. The Morgan fingerprint density at radius 2 is 1.97 bits per heavy atom. The molecule has 2 saturated heterocycles. The van der Waals surface area contributed by atoms with Gasteiger partial charge in [0, 0.05) is 49.4 Å². The molecule has 2 aliphatic rings. The van der Waals surface area contributed by atoms with E-state index in [0.717, 1.165) is 37.9 Å². The highest BCUT2D eigenvalue weighted by Gasteiger charge is 2.24. The maximum atomic E-state index is 12.6. The van der Waals surface area contributed by atoms with E-state index in [-0.39, 0.29) is 12.0 Å². The Bertz CT molecular complexity index is 1300. The molecule has 3 heterocycles. The summed E-state index contributed by atoms with van der Waals surface area (Å²) in [5.41, 5.74) is 3.13. The topological polar surface area (TPSA) is 110 Å². The van der Waals surface area contributed by atoms with Crippen LogP contribution in [-0.4, -0.2) is 60.3 Å². The lowest BCUT2D eigenvalue weighted by molar-refractivity contribution is 0.0254. The molecule has 0 radical (unpaired) electrons. The number of nitrogens with zero attached hydrogens (tertiary/aromatic N) is 4. The second-order valence-corrected chi connectivity index (χ2v) is 8.70. The highest BCUT2D eigenvalue weighted by Crippen LogP contribution is 2.30. The van der Waals surface area contributed by atoms with E-state index in [9.17, 15) is 10.1 Å². The van der Waals surface area contributed by atoms with Crippen LogP contribution in [0.3, 0.4) is 0 Å². The molecule has 0 unspecified atom stereocenters. The molecule has 9 nitrogen and oxygen atoms in total. The number of amides is 1. The molecule has 0 aliphatic carbocycles. The molecule has 9 heteroatoms. The molecule has 184 valence electrons. The van der Waals surface area contributed by atoms with Crippen molar-refractivity contribution in [1.82, 2.24) is 14.9 Å². The van der Waals surface area contributed by atoms with Gasteiger partial charge in [-0.25, -0.2) is 9.97 Å². The van der Waals surface area contributed by atoms with E-state index in [2.05, 4.69) is 21.4 Å². The van der Waals surface area contributed by atoms with Crippen molar-refractivity contribution in [1.29, 1.82) is 5.26 Å². The molecule has 1 amide bonds. The Labute approximate surface area is 209 Å². The van der Waals surface area contributed by atoms with E-state index in [0.29, 0.717) is 53.2 Å². The molecule has 36 heavy (non-hydrogen) atoms. The van der Waals surface area contributed by atoms with Crippen LogP contribution < -0.4 is 14.8 Å². The predicted octanol–water partition coefficient (Wildman–Crippen LogP) is 4.17. The molecule has 2 aliphatic heterocycles. The maximum Gasteiger partial charge on any atom is 0.257 e. The minimum Gasteiger partial charge on any atom is -0.496 e. The van der Waals surface area contributed by atoms with Gasteiger partial charge in [0.05, 0.1) is 37.1 Å². The number of methoxy groups -OCH3 is 1. The van der Waals surface area contributed by atoms with Crippen LogP contribution >= 0.6 is 0 Å². The van der Waals surface area contributed by atoms with E-state index < -0.39 is 0 Å². The summed E-state index contributed by atoms with van der Waals surface area (Å²) in [4.78, 5) is 23.4. The number of hydrogen-bond donors (Lipinski definition) is 1. The Hall–Kier alpha value is -4.16. The lowest BCUT2D eigenvalue weighted by Crippen LogP contribution is -2.42. The fraction of sp³-hybridized carbons (Fsp3) is 0.333. The summed E-state index contributed by atoms with van der Waals surface area (Å²) in [7, 11) is 1.55. The first-order valence-corrected chi connectivity index (χ1v) is 12.0. The number of carbonyl (C=O) groups is 1. The van der Waals surface area contributed by atoms with Gasteiger partial charge in [-0.05, 0) is 42.8 Å². The third-order valence-electron chi connectivity index (χ3n) is 6.34. The normalized spacial score (nSPS) is 15.5. The summed E-state index contributed by atoms with van der Waals surface area (Å²) >= 11 is 0. The van der Waals surface area contributed by atoms with Gasteiger partial charge >= 0.3 is 0 Å². The van der Waals surface area contributed by atoms with E-state index in [1.807, 2.05) is 18.2 Å². The van der Waals surface area contributed by atoms with Crippen LogP contribution in [0.1, 0.15) is 35.2 Å². The van der Waals surface area contributed by atoms with Crippen LogP contribution in [0.2, 0.25) is 0 Å². The fourth-order valence-corrected chi connectivity index (χ4v) is 4.20. The third-order valence-corrected chi connectivity index (χ3v) is 6.34. The molecular weight excluding hydrogens is 458 g/mol. The van der Waals surface area contributed by atoms with Gasteiger partial charge in [0.25, 0.3) is 5.91 Å². The maximum absolute atomic E-state index is 12.6. The Balaban J connectivity index is 1.33. The number of aromatic nitrogens is 2. The van der Waals surface area contributed by atoms with E-state index in [1.165, 1.54) is 0 Å². The van der Waals surface area contributed by atoms with Gasteiger partial charge in [0.2, 0.25) is 5.95 Å². The Kier molecular flexibility index (Phi) is 6.96. The van der Waals surface area contributed by atoms with Gasteiger partial charge in [-0.3, -0.25) is 4.79 Å². The van der Waals surface area contributed by atoms with Crippen molar-refractivity contribution in [2.24, 2.45) is 0 Å². The molecule has 1 N–H and O–H groups in total. The van der Waals surface area contributed by atoms with Crippen LogP contribution in [0, 0.1) is 11.3 Å². The molecule has 5 rings (SSSR count). The second kappa shape index (κ2) is 10.6. The average Bonchev–Trinajstić information content (AvgIpc) is 2.88. The number of likely N-dealkylation sites (tertiary alicyclic amines) is 1. The number of rotatable bonds is 7. The predicted molar refractivity (Wildman–Crippen MR) is 133 cm³/mol. The number of nitriles is 1. The largest absolute Gasteiger partial charge is 0.496 e. The Morgan fingerprint density at radius 1 is 1.14 bits per heavy atom. The quantitative estimate of drug-likeness (QED) is 0.531. The summed E-state index contributed by atoms with van der Waals surface area (Å²) < 4.78 is 16.9. The lowest BCUT2D eigenvalue weighted by atomic mass is 10.1. The summed E-state index contributed by atoms with van der Waals surface area (Å²) in [6, 6.07) is 14.8. The van der Waals surface area contributed by atoms with Crippen molar-refractivity contribution in [2.75, 3.05) is 38.7 Å². The zero-order valence-electron chi connectivity index (χ0n) is 20.1. The smallest absolute Gasteiger partial charge is 0.257 e. The molecule has 0 saturated carbocycles. The fourth-order valence-electron chi connectivity index (χ4n) is 4.20. The Morgan fingerprint density at radius 3 is 2.69 bits per heavy atom. The summed E-state index contributed by atoms with van der Waals surface area (Å²) in [5, 5.41) is 12.9. The number of hydrogen-bond acceptors (Lipinski definition) is 8. The van der Waals surface area contributed by atoms with Gasteiger partial charge in [-0.15, -0.1) is 0 Å². The van der Waals surface area contributed by atoms with Gasteiger partial charge in [0.1, 0.15) is 23.7 Å². The monoisotopic (exact) mass is 485 g/mol. The first-order valence-electron chi connectivity index (χ1n) is 12.0. The van der Waals surface area contributed by atoms with Gasteiger partial charge in [-0.1, -0.05) is 0 Å². The van der Waals surface area contributed by atoms with Crippen molar-refractivity contribution in [2.45, 2.75) is 25.4 Å². The van der Waals surface area contributed by atoms with Crippen molar-refractivity contribution < 1.29 is 19.0 Å². The first kappa shape index (κ1) is 23.6. The van der Waals surface area contributed by atoms with Crippen molar-refractivity contribution in [3.8, 4) is 28.8 Å². The molecule has 0 bridgehead atoms. The number of anilines is 2. The lowest BCUT2D eigenvalue weighted by Gasteiger charge is -2.31. The molecule has 2 fully saturated rings. The highest BCUT2D eigenvalue weighted by atomic mass is 16.5. The molecule has 1 aromatic heterocycles. The highest BCUT2D eigenvalue weighted by molar-refractivity contribution is 5.98. The average molecular weight is 486 g/mol. The summed E-state index contributed by atoms with van der Waals surface area (Å²) in [6.45, 7) is 2.90. The van der Waals surface area contributed by atoms with Crippen LogP contribution in [0.5, 0.6) is 11.5 Å². The molecule has 2 aromatic carbocycles. The van der Waals surface area contributed by atoms with Crippen LogP contribution in [0.25, 0.3) is 11.3 Å². The molecule has 0 spiro atoms. The van der Waals surface area contributed by atoms with E-state index in [4.69, 9.17) is 14.2 Å². The summed E-state index contributed by atoms with van der Waals surface area (Å²) in [5.74, 6) is 1.42. The standard InChI is InChI=1S/C27H27N5O4/c1-34-25-16-20(4-5-22(25)26(33)32-11-2-12-32)30-27-29-10-7-23(31-27)18-3-6-24(19(15-18)17-28)36-21-8-13-35-14-9-21/h3-7,10,15-16,21H,2,8-9,11-14H2,1H3,(H,29,30,31). The third kappa shape index (κ3) is 5.09. The first-order chi connectivity index (χ1) is 17.6. The SMILES string of the molecule is COc1cc(Nc2nccc(-c3ccc(OC4CCOCC4)c(C#N)c3)n2)ccc1C(=O)N1CCC1. The minimum absolute atomic E-state index is 0.0274. The molecular formula is C27H27N5O4. The summed E-state index contributed by atoms with van der Waals surface area (Å²) in [6.07, 6.45) is 4.36. The number of carbonyl (C=O) groups excluding carboxylic acids is 1. The van der Waals surface area contributed by atoms with Gasteiger partial charge in [-0.2, -0.15) is 5.26 Å². The van der Waals surface area contributed by atoms with Crippen LogP contribution in [0.15, 0.2) is 48.7 Å². The molecule has 0 atom stereocenters. The number of nitrogens with one attached hydrogen (secondary N) is 1. The zero-order valence-corrected chi connectivity index (χ0v) is 20.1. The van der Waals surface area contributed by atoms with Gasteiger partial charge in [0.15, 0.2) is 0 Å². The zero-order chi connectivity index (χ0) is 24.9.